The molecule has 3 unspecified atom stereocenters. The van der Waals surface area contributed by atoms with Gasteiger partial charge < -0.3 is 0 Å². The molecule has 21 heavy (non-hydrogen) atoms. The molecule has 1 fully saturated rings. The molecule has 3 aliphatic carbocycles. The monoisotopic (exact) mass is 280 g/mol. The Labute approximate surface area is 127 Å². The molecule has 1 aromatic carbocycles. The van der Waals surface area contributed by atoms with Gasteiger partial charge in [-0.15, -0.1) is 0 Å². The highest BCUT2D eigenvalue weighted by molar-refractivity contribution is 5.94. The maximum absolute atomic E-state index is 12.9. The van der Waals surface area contributed by atoms with Crippen LogP contribution < -0.4 is 0 Å². The highest BCUT2D eigenvalue weighted by Gasteiger charge is 2.56. The molecule has 3 atom stereocenters. The lowest BCUT2D eigenvalue weighted by Gasteiger charge is -2.41. The quantitative estimate of drug-likeness (QED) is 0.646. The molecular weight excluding hydrogens is 256 g/mol. The van der Waals surface area contributed by atoms with Crippen molar-refractivity contribution in [2.75, 3.05) is 0 Å². The third kappa shape index (κ3) is 1.66. The van der Waals surface area contributed by atoms with Gasteiger partial charge in [-0.25, -0.2) is 0 Å². The second kappa shape index (κ2) is 4.09. The van der Waals surface area contributed by atoms with Gasteiger partial charge in [0.25, 0.3) is 0 Å². The Morgan fingerprint density at radius 2 is 1.95 bits per heavy atom. The van der Waals surface area contributed by atoms with E-state index in [0.717, 1.165) is 19.3 Å². The topological polar surface area (TPSA) is 17.1 Å². The molecule has 0 heterocycles. The number of carbonyl (C=O) groups is 1. The summed E-state index contributed by atoms with van der Waals surface area (Å²) in [6.07, 6.45) is 8.57. The van der Waals surface area contributed by atoms with E-state index in [4.69, 9.17) is 0 Å². The van der Waals surface area contributed by atoms with Crippen molar-refractivity contribution in [3.8, 4) is 0 Å². The van der Waals surface area contributed by atoms with Crippen LogP contribution >= 0.6 is 0 Å². The van der Waals surface area contributed by atoms with Crippen molar-refractivity contribution < 1.29 is 4.79 Å². The molecule has 3 aliphatic rings. The fourth-order valence-electron chi connectivity index (χ4n) is 5.08. The number of hydrogen-bond donors (Lipinski definition) is 0. The van der Waals surface area contributed by atoms with Gasteiger partial charge in [-0.05, 0) is 53.2 Å². The minimum absolute atomic E-state index is 0.153. The Hall–Kier alpha value is -1.37. The van der Waals surface area contributed by atoms with Crippen molar-refractivity contribution in [2.24, 2.45) is 11.8 Å². The molecule has 0 saturated heterocycles. The molecule has 1 spiro atoms. The number of ketones is 1. The summed E-state index contributed by atoms with van der Waals surface area (Å²) in [6, 6.07) is 6.69. The van der Waals surface area contributed by atoms with E-state index >= 15 is 0 Å². The zero-order valence-electron chi connectivity index (χ0n) is 13.3. The predicted molar refractivity (Wildman–Crippen MR) is 85.5 cm³/mol. The van der Waals surface area contributed by atoms with Gasteiger partial charge in [0.15, 0.2) is 0 Å². The van der Waals surface area contributed by atoms with Gasteiger partial charge in [0.05, 0.1) is 5.41 Å². The molecule has 4 rings (SSSR count). The minimum atomic E-state index is -0.186. The molecule has 2 bridgehead atoms. The first-order chi connectivity index (χ1) is 9.93. The summed E-state index contributed by atoms with van der Waals surface area (Å²) >= 11 is 0. The number of fused-ring (bicyclic) bond motifs is 5. The van der Waals surface area contributed by atoms with Crippen molar-refractivity contribution in [1.29, 1.82) is 0 Å². The van der Waals surface area contributed by atoms with Crippen LogP contribution in [0.5, 0.6) is 0 Å². The second-order valence-corrected chi connectivity index (χ2v) is 8.17. The van der Waals surface area contributed by atoms with Gasteiger partial charge in [0.2, 0.25) is 0 Å². The lowest BCUT2D eigenvalue weighted by Crippen LogP contribution is -2.44. The number of rotatable bonds is 0. The van der Waals surface area contributed by atoms with Gasteiger partial charge in [-0.3, -0.25) is 4.79 Å². The molecule has 110 valence electrons. The average molecular weight is 280 g/mol. The summed E-state index contributed by atoms with van der Waals surface area (Å²) in [5.41, 5.74) is 4.25. The summed E-state index contributed by atoms with van der Waals surface area (Å²) in [6.45, 7) is 6.85. The number of benzene rings is 1. The number of Topliss-reactive ketones (excluding diaryl/α,β-unsaturated/α-hetero) is 1. The zero-order valence-corrected chi connectivity index (χ0v) is 13.3. The van der Waals surface area contributed by atoms with Gasteiger partial charge >= 0.3 is 0 Å². The van der Waals surface area contributed by atoms with Crippen LogP contribution in [0.1, 0.15) is 56.7 Å². The zero-order chi connectivity index (χ0) is 14.8. The molecular formula is C20H24O. The van der Waals surface area contributed by atoms with Gasteiger partial charge in [-0.2, -0.15) is 0 Å². The summed E-state index contributed by atoms with van der Waals surface area (Å²) in [7, 11) is 0. The molecule has 1 saturated carbocycles. The third-order valence-electron chi connectivity index (χ3n) is 5.95. The summed E-state index contributed by atoms with van der Waals surface area (Å²) in [5, 5.41) is 0. The van der Waals surface area contributed by atoms with Crippen molar-refractivity contribution in [3.63, 3.8) is 0 Å². The average Bonchev–Trinajstić information content (AvgIpc) is 3.03. The van der Waals surface area contributed by atoms with E-state index in [9.17, 15) is 4.79 Å². The molecule has 1 aromatic rings. The summed E-state index contributed by atoms with van der Waals surface area (Å²) < 4.78 is 0. The van der Waals surface area contributed by atoms with Crippen molar-refractivity contribution in [2.45, 2.75) is 57.3 Å². The smallest absolute Gasteiger partial charge is 0.144 e. The Morgan fingerprint density at radius 1 is 1.14 bits per heavy atom. The van der Waals surface area contributed by atoms with Gasteiger partial charge in [0.1, 0.15) is 5.78 Å². The Morgan fingerprint density at radius 3 is 2.57 bits per heavy atom. The van der Waals surface area contributed by atoms with E-state index in [1.807, 2.05) is 0 Å². The van der Waals surface area contributed by atoms with Crippen molar-refractivity contribution in [3.05, 3.63) is 47.0 Å². The molecule has 0 amide bonds. The molecule has 1 nitrogen and oxygen atoms in total. The minimum Gasteiger partial charge on any atom is -0.299 e. The van der Waals surface area contributed by atoms with Crippen LogP contribution in [0.25, 0.3) is 0 Å². The lowest BCUT2D eigenvalue weighted by atomic mass is 9.60. The SMILES string of the molecule is CC(C)(C)c1cccc2c1CCC(=O)C21CC2C=CC1C2. The summed E-state index contributed by atoms with van der Waals surface area (Å²) in [4.78, 5) is 12.9. The van der Waals surface area contributed by atoms with Crippen molar-refractivity contribution >= 4 is 5.78 Å². The Bertz CT molecular complexity index is 646. The standard InChI is InChI=1S/C20H24O/c1-19(2,3)16-5-4-6-17-15(16)9-10-18(21)20(17)12-13-7-8-14(20)11-13/h4-8,13-14H,9-12H2,1-3H3. The lowest BCUT2D eigenvalue weighted by molar-refractivity contribution is -0.126. The predicted octanol–water partition coefficient (Wildman–Crippen LogP) is 4.33. The molecule has 1 heteroatoms. The first kappa shape index (κ1) is 13.3. The first-order valence-corrected chi connectivity index (χ1v) is 8.27. The maximum atomic E-state index is 12.9. The number of allylic oxidation sites excluding steroid dienone is 2. The van der Waals surface area contributed by atoms with Crippen LogP contribution in [-0.4, -0.2) is 5.78 Å². The molecule has 0 aliphatic heterocycles. The van der Waals surface area contributed by atoms with Crippen LogP contribution in [0.3, 0.4) is 0 Å². The Balaban J connectivity index is 1.95. The fourth-order valence-corrected chi connectivity index (χ4v) is 5.08. The number of hydrogen-bond acceptors (Lipinski definition) is 1. The van der Waals surface area contributed by atoms with Crippen LogP contribution in [0, 0.1) is 11.8 Å². The molecule has 0 radical (unpaired) electrons. The molecule has 0 N–H and O–H groups in total. The maximum Gasteiger partial charge on any atom is 0.144 e. The van der Waals surface area contributed by atoms with E-state index in [1.54, 1.807) is 0 Å². The Kier molecular flexibility index (Phi) is 2.59. The van der Waals surface area contributed by atoms with Crippen LogP contribution in [0.2, 0.25) is 0 Å². The van der Waals surface area contributed by atoms with E-state index in [2.05, 4.69) is 51.1 Å². The van der Waals surface area contributed by atoms with E-state index in [-0.39, 0.29) is 10.8 Å². The third-order valence-corrected chi connectivity index (χ3v) is 5.95. The van der Waals surface area contributed by atoms with Crippen LogP contribution in [0.4, 0.5) is 0 Å². The van der Waals surface area contributed by atoms with E-state index in [1.165, 1.54) is 23.1 Å². The largest absolute Gasteiger partial charge is 0.299 e. The van der Waals surface area contributed by atoms with Crippen LogP contribution in [-0.2, 0) is 22.0 Å². The number of carbonyl (C=O) groups excluding carboxylic acids is 1. The van der Waals surface area contributed by atoms with E-state index < -0.39 is 0 Å². The van der Waals surface area contributed by atoms with Crippen LogP contribution in [0.15, 0.2) is 30.4 Å². The summed E-state index contributed by atoms with van der Waals surface area (Å²) in [5.74, 6) is 1.57. The van der Waals surface area contributed by atoms with Crippen molar-refractivity contribution in [1.82, 2.24) is 0 Å². The molecule has 0 aromatic heterocycles. The normalized spacial score (nSPS) is 33.8. The first-order valence-electron chi connectivity index (χ1n) is 8.27. The fraction of sp³-hybridized carbons (Fsp3) is 0.550. The highest BCUT2D eigenvalue weighted by atomic mass is 16.1. The van der Waals surface area contributed by atoms with Gasteiger partial charge in [-0.1, -0.05) is 51.1 Å². The van der Waals surface area contributed by atoms with Gasteiger partial charge in [0, 0.05) is 6.42 Å². The second-order valence-electron chi connectivity index (χ2n) is 8.17. The van der Waals surface area contributed by atoms with E-state index in [0.29, 0.717) is 17.6 Å². The highest BCUT2D eigenvalue weighted by Crippen LogP contribution is 2.57.